The van der Waals surface area contributed by atoms with Crippen molar-refractivity contribution in [3.05, 3.63) is 59.7 Å². The number of aldehydes is 1. The minimum Gasteiger partial charge on any atom is -0.456 e. The van der Waals surface area contributed by atoms with Gasteiger partial charge in [0, 0.05) is 16.5 Å². The average molecular weight is 264 g/mol. The zero-order chi connectivity index (χ0) is 14.1. The Morgan fingerprint density at radius 1 is 1.05 bits per heavy atom. The maximum Gasteiger partial charge on any atom is 0.150 e. The summed E-state index contributed by atoms with van der Waals surface area (Å²) in [5.41, 5.74) is 3.65. The molecule has 0 aliphatic heterocycles. The highest BCUT2D eigenvalue weighted by atomic mass is 16.3. The van der Waals surface area contributed by atoms with Crippen molar-refractivity contribution in [1.82, 2.24) is 0 Å². The molecule has 0 spiro atoms. The Morgan fingerprint density at radius 2 is 1.85 bits per heavy atom. The highest BCUT2D eigenvalue weighted by Crippen LogP contribution is 2.30. The van der Waals surface area contributed by atoms with Gasteiger partial charge >= 0.3 is 0 Å². The van der Waals surface area contributed by atoms with E-state index in [0.29, 0.717) is 11.5 Å². The molecule has 0 fully saturated rings. The van der Waals surface area contributed by atoms with Gasteiger partial charge in [0.05, 0.1) is 0 Å². The number of rotatable bonds is 3. The molecule has 0 N–H and O–H groups in total. The Labute approximate surface area is 118 Å². The maximum atomic E-state index is 11.1. The van der Waals surface area contributed by atoms with Crippen LogP contribution in [0.3, 0.4) is 0 Å². The second kappa shape index (κ2) is 4.97. The van der Waals surface area contributed by atoms with E-state index in [1.165, 1.54) is 0 Å². The second-order valence-corrected chi connectivity index (χ2v) is 5.31. The van der Waals surface area contributed by atoms with Crippen molar-refractivity contribution in [1.29, 1.82) is 0 Å². The summed E-state index contributed by atoms with van der Waals surface area (Å²) in [5.74, 6) is 1.18. The molecule has 3 aromatic rings. The Balaban J connectivity index is 2.17. The second-order valence-electron chi connectivity index (χ2n) is 5.31. The predicted molar refractivity (Wildman–Crippen MR) is 81.1 cm³/mol. The van der Waals surface area contributed by atoms with E-state index >= 15 is 0 Å². The highest BCUT2D eigenvalue weighted by molar-refractivity contribution is 5.84. The summed E-state index contributed by atoms with van der Waals surface area (Å²) in [6.07, 6.45) is 0.887. The van der Waals surface area contributed by atoms with Crippen molar-refractivity contribution in [2.75, 3.05) is 0 Å². The van der Waals surface area contributed by atoms with Crippen LogP contribution in [0.2, 0.25) is 0 Å². The van der Waals surface area contributed by atoms with E-state index in [4.69, 9.17) is 4.42 Å². The highest BCUT2D eigenvalue weighted by Gasteiger charge is 2.10. The molecule has 3 rings (SSSR count). The average Bonchev–Trinajstić information content (AvgIpc) is 2.90. The van der Waals surface area contributed by atoms with Crippen molar-refractivity contribution in [2.24, 2.45) is 0 Å². The van der Waals surface area contributed by atoms with Crippen molar-refractivity contribution in [3.63, 3.8) is 0 Å². The first-order chi connectivity index (χ1) is 9.67. The molecule has 2 heteroatoms. The van der Waals surface area contributed by atoms with E-state index < -0.39 is 0 Å². The first-order valence-corrected chi connectivity index (χ1v) is 6.76. The van der Waals surface area contributed by atoms with Gasteiger partial charge in [0.1, 0.15) is 17.6 Å². The van der Waals surface area contributed by atoms with E-state index in [1.54, 1.807) is 0 Å². The lowest BCUT2D eigenvalue weighted by atomic mass is 9.97. The number of carbonyl (C=O) groups excluding carboxylic acids is 1. The van der Waals surface area contributed by atoms with E-state index in [-0.39, 0.29) is 0 Å². The van der Waals surface area contributed by atoms with Crippen molar-refractivity contribution in [2.45, 2.75) is 19.8 Å². The molecule has 2 nitrogen and oxygen atoms in total. The SMILES string of the molecule is CC(C)c1cc(C=O)cc(-c2cc3ccccc3o2)c1. The summed E-state index contributed by atoms with van der Waals surface area (Å²) in [6.45, 7) is 4.23. The number of fused-ring (bicyclic) bond motifs is 1. The van der Waals surface area contributed by atoms with Crippen LogP contribution in [-0.2, 0) is 0 Å². The molecule has 2 aromatic carbocycles. The van der Waals surface area contributed by atoms with Gasteiger partial charge in [-0.15, -0.1) is 0 Å². The molecule has 1 aromatic heterocycles. The monoisotopic (exact) mass is 264 g/mol. The van der Waals surface area contributed by atoms with Crippen LogP contribution in [0.1, 0.15) is 35.7 Å². The smallest absolute Gasteiger partial charge is 0.150 e. The van der Waals surface area contributed by atoms with Crippen LogP contribution in [-0.4, -0.2) is 6.29 Å². The molecule has 0 atom stereocenters. The molecule has 0 unspecified atom stereocenters. The summed E-state index contributed by atoms with van der Waals surface area (Å²) >= 11 is 0. The largest absolute Gasteiger partial charge is 0.456 e. The Bertz CT molecular complexity index is 733. The van der Waals surface area contributed by atoms with Gasteiger partial charge in [-0.1, -0.05) is 32.0 Å². The van der Waals surface area contributed by atoms with Crippen molar-refractivity contribution in [3.8, 4) is 11.3 Å². The topological polar surface area (TPSA) is 30.2 Å². The van der Waals surface area contributed by atoms with Gasteiger partial charge < -0.3 is 4.42 Å². The van der Waals surface area contributed by atoms with Gasteiger partial charge in [-0.2, -0.15) is 0 Å². The Hall–Kier alpha value is -2.35. The van der Waals surface area contributed by atoms with Gasteiger partial charge in [-0.25, -0.2) is 0 Å². The molecule has 0 bridgehead atoms. The van der Waals surface area contributed by atoms with Crippen molar-refractivity contribution < 1.29 is 9.21 Å². The van der Waals surface area contributed by atoms with Crippen LogP contribution in [0.5, 0.6) is 0 Å². The summed E-state index contributed by atoms with van der Waals surface area (Å²) in [6, 6.07) is 15.8. The molecule has 0 aliphatic rings. The van der Waals surface area contributed by atoms with Crippen LogP contribution >= 0.6 is 0 Å². The number of carbonyl (C=O) groups is 1. The van der Waals surface area contributed by atoms with Crippen LogP contribution < -0.4 is 0 Å². The van der Waals surface area contributed by atoms with E-state index in [0.717, 1.165) is 34.1 Å². The van der Waals surface area contributed by atoms with Crippen LogP contribution in [0.25, 0.3) is 22.3 Å². The quantitative estimate of drug-likeness (QED) is 0.621. The number of para-hydroxylation sites is 1. The third-order valence-corrected chi connectivity index (χ3v) is 3.49. The predicted octanol–water partition coefficient (Wildman–Crippen LogP) is 5.04. The molecule has 0 saturated carbocycles. The number of hydrogen-bond donors (Lipinski definition) is 0. The third-order valence-electron chi connectivity index (χ3n) is 3.49. The molecule has 1 heterocycles. The Kier molecular flexibility index (Phi) is 3.15. The van der Waals surface area contributed by atoms with Gasteiger partial charge in [0.25, 0.3) is 0 Å². The molecule has 100 valence electrons. The fraction of sp³-hybridized carbons (Fsp3) is 0.167. The third kappa shape index (κ3) is 2.25. The standard InChI is InChI=1S/C18H16O2/c1-12(2)15-7-13(11-19)8-16(9-15)18-10-14-5-3-4-6-17(14)20-18/h3-12H,1-2H3. The van der Waals surface area contributed by atoms with E-state index in [2.05, 4.69) is 19.9 Å². The number of hydrogen-bond acceptors (Lipinski definition) is 2. The first-order valence-electron chi connectivity index (χ1n) is 6.76. The fourth-order valence-corrected chi connectivity index (χ4v) is 2.34. The van der Waals surface area contributed by atoms with E-state index in [9.17, 15) is 4.79 Å². The summed E-state index contributed by atoms with van der Waals surface area (Å²) < 4.78 is 5.87. The Morgan fingerprint density at radius 3 is 2.55 bits per heavy atom. The molecular formula is C18H16O2. The first kappa shape index (κ1) is 12.7. The molecule has 20 heavy (non-hydrogen) atoms. The van der Waals surface area contributed by atoms with Crippen molar-refractivity contribution >= 4 is 17.3 Å². The van der Waals surface area contributed by atoms with Crippen LogP contribution in [0, 0.1) is 0 Å². The molecular weight excluding hydrogens is 248 g/mol. The number of furan rings is 1. The zero-order valence-electron chi connectivity index (χ0n) is 11.6. The van der Waals surface area contributed by atoms with Gasteiger partial charge in [-0.3, -0.25) is 4.79 Å². The zero-order valence-corrected chi connectivity index (χ0v) is 11.6. The summed E-state index contributed by atoms with van der Waals surface area (Å²) in [7, 11) is 0. The number of benzene rings is 2. The minimum absolute atomic E-state index is 0.373. The molecule has 0 amide bonds. The van der Waals surface area contributed by atoms with Crippen LogP contribution in [0.4, 0.5) is 0 Å². The van der Waals surface area contributed by atoms with Gasteiger partial charge in [-0.05, 0) is 41.8 Å². The van der Waals surface area contributed by atoms with Crippen LogP contribution in [0.15, 0.2) is 52.9 Å². The summed E-state index contributed by atoms with van der Waals surface area (Å²) in [4.78, 5) is 11.1. The lowest BCUT2D eigenvalue weighted by Crippen LogP contribution is -1.91. The molecule has 0 radical (unpaired) electrons. The normalized spacial score (nSPS) is 11.2. The maximum absolute atomic E-state index is 11.1. The molecule has 0 saturated heterocycles. The summed E-state index contributed by atoms with van der Waals surface area (Å²) in [5, 5.41) is 1.07. The lowest BCUT2D eigenvalue weighted by molar-refractivity contribution is 0.112. The fourth-order valence-electron chi connectivity index (χ4n) is 2.34. The molecule has 0 aliphatic carbocycles. The minimum atomic E-state index is 0.373. The lowest BCUT2D eigenvalue weighted by Gasteiger charge is -2.08. The van der Waals surface area contributed by atoms with E-state index in [1.807, 2.05) is 42.5 Å². The van der Waals surface area contributed by atoms with Gasteiger partial charge in [0.15, 0.2) is 0 Å². The van der Waals surface area contributed by atoms with Gasteiger partial charge in [0.2, 0.25) is 0 Å².